The zero-order valence-electron chi connectivity index (χ0n) is 14.0. The lowest BCUT2D eigenvalue weighted by Crippen LogP contribution is -2.45. The van der Waals surface area contributed by atoms with Crippen molar-refractivity contribution in [2.75, 3.05) is 11.9 Å². The lowest BCUT2D eigenvalue weighted by molar-refractivity contribution is -0.135. The molecule has 0 spiro atoms. The van der Waals surface area contributed by atoms with E-state index < -0.39 is 11.5 Å². The Hall–Kier alpha value is -2.84. The van der Waals surface area contributed by atoms with Crippen LogP contribution in [-0.2, 0) is 4.79 Å². The molecule has 0 aliphatic heterocycles. The van der Waals surface area contributed by atoms with Crippen molar-refractivity contribution < 1.29 is 14.6 Å². The smallest absolute Gasteiger partial charge is 0.259 e. The maximum absolute atomic E-state index is 12.3. The molecule has 0 aliphatic rings. The first-order valence-electron chi connectivity index (χ1n) is 7.56. The van der Waals surface area contributed by atoms with Crippen molar-refractivity contribution in [3.8, 4) is 11.8 Å². The van der Waals surface area contributed by atoms with Crippen LogP contribution in [0.3, 0.4) is 0 Å². The van der Waals surface area contributed by atoms with Gasteiger partial charge in [-0.2, -0.15) is 5.26 Å². The van der Waals surface area contributed by atoms with Crippen LogP contribution in [0.15, 0.2) is 42.5 Å². The quantitative estimate of drug-likeness (QED) is 0.886. The Morgan fingerprint density at radius 3 is 2.50 bits per heavy atom. The molecule has 1 atom stereocenters. The highest BCUT2D eigenvalue weighted by Gasteiger charge is 2.31. The molecule has 0 bridgehead atoms. The Balaban J connectivity index is 2.00. The van der Waals surface area contributed by atoms with Crippen LogP contribution in [-0.4, -0.2) is 23.2 Å². The monoisotopic (exact) mass is 324 g/mol. The Labute approximate surface area is 141 Å². The highest BCUT2D eigenvalue weighted by atomic mass is 16.5. The van der Waals surface area contributed by atoms with E-state index in [9.17, 15) is 9.90 Å². The molecular formula is C19H20N2O3. The summed E-state index contributed by atoms with van der Waals surface area (Å²) in [6.07, 6.45) is 0. The molecule has 0 fully saturated rings. The predicted octanol–water partition coefficient (Wildman–Crippen LogP) is 2.94. The van der Waals surface area contributed by atoms with E-state index in [1.807, 2.05) is 19.1 Å². The SMILES string of the molecule is Cc1ccc(OC[C@](C)(O)C(=O)Nc2ccc(C#N)c(C)c2)cc1. The zero-order valence-corrected chi connectivity index (χ0v) is 14.0. The van der Waals surface area contributed by atoms with Gasteiger partial charge in [0.25, 0.3) is 5.91 Å². The summed E-state index contributed by atoms with van der Waals surface area (Å²) in [4.78, 5) is 12.3. The second kappa shape index (κ2) is 7.16. The summed E-state index contributed by atoms with van der Waals surface area (Å²) >= 11 is 0. The van der Waals surface area contributed by atoms with Crippen LogP contribution in [0.2, 0.25) is 0 Å². The van der Waals surface area contributed by atoms with Crippen molar-refractivity contribution >= 4 is 11.6 Å². The van der Waals surface area contributed by atoms with Gasteiger partial charge in [0, 0.05) is 5.69 Å². The third-order valence-electron chi connectivity index (χ3n) is 3.63. The molecule has 2 aromatic carbocycles. The van der Waals surface area contributed by atoms with Crippen molar-refractivity contribution in [3.63, 3.8) is 0 Å². The summed E-state index contributed by atoms with van der Waals surface area (Å²) in [6, 6.07) is 14.4. The fourth-order valence-corrected chi connectivity index (χ4v) is 2.06. The van der Waals surface area contributed by atoms with Gasteiger partial charge in [0.1, 0.15) is 12.4 Å². The number of aryl methyl sites for hydroxylation is 2. The maximum Gasteiger partial charge on any atom is 0.259 e. The third-order valence-corrected chi connectivity index (χ3v) is 3.63. The number of hydrogen-bond acceptors (Lipinski definition) is 4. The average Bonchev–Trinajstić information content (AvgIpc) is 2.54. The Bertz CT molecular complexity index is 774. The Kier molecular flexibility index (Phi) is 5.22. The summed E-state index contributed by atoms with van der Waals surface area (Å²) in [5.41, 5.74) is 1.23. The average molecular weight is 324 g/mol. The van der Waals surface area contributed by atoms with Crippen LogP contribution in [0, 0.1) is 25.2 Å². The number of carbonyl (C=O) groups is 1. The molecule has 1 amide bonds. The molecule has 2 N–H and O–H groups in total. The van der Waals surface area contributed by atoms with Crippen molar-refractivity contribution in [3.05, 3.63) is 59.2 Å². The minimum Gasteiger partial charge on any atom is -0.490 e. The van der Waals surface area contributed by atoms with Gasteiger partial charge >= 0.3 is 0 Å². The highest BCUT2D eigenvalue weighted by molar-refractivity contribution is 5.97. The van der Waals surface area contributed by atoms with Crippen LogP contribution in [0.1, 0.15) is 23.6 Å². The van der Waals surface area contributed by atoms with Crippen LogP contribution in [0.4, 0.5) is 5.69 Å². The van der Waals surface area contributed by atoms with E-state index in [1.165, 1.54) is 6.92 Å². The fraction of sp³-hybridized carbons (Fsp3) is 0.263. The van der Waals surface area contributed by atoms with Crippen LogP contribution in [0.5, 0.6) is 5.75 Å². The normalized spacial score (nSPS) is 12.8. The molecule has 0 radical (unpaired) electrons. The summed E-state index contributed by atoms with van der Waals surface area (Å²) in [7, 11) is 0. The second-order valence-electron chi connectivity index (χ2n) is 5.97. The molecule has 0 unspecified atom stereocenters. The second-order valence-corrected chi connectivity index (χ2v) is 5.97. The first-order valence-corrected chi connectivity index (χ1v) is 7.56. The largest absolute Gasteiger partial charge is 0.490 e. The molecule has 0 heterocycles. The first kappa shape index (κ1) is 17.5. The number of aliphatic hydroxyl groups is 1. The molecule has 2 aromatic rings. The molecule has 2 rings (SSSR count). The number of hydrogen-bond donors (Lipinski definition) is 2. The molecular weight excluding hydrogens is 304 g/mol. The number of benzene rings is 2. The van der Waals surface area contributed by atoms with Gasteiger partial charge in [0.05, 0.1) is 11.6 Å². The number of nitrogens with one attached hydrogen (secondary N) is 1. The van der Waals surface area contributed by atoms with Crippen molar-refractivity contribution in [1.29, 1.82) is 5.26 Å². The standard InChI is InChI=1S/C19H20N2O3/c1-13-4-8-17(9-5-13)24-12-19(3,23)18(22)21-16-7-6-15(11-20)14(2)10-16/h4-10,23H,12H2,1-3H3,(H,21,22)/t19-/m0/s1. The summed E-state index contributed by atoms with van der Waals surface area (Å²) < 4.78 is 5.49. The fourth-order valence-electron chi connectivity index (χ4n) is 2.06. The molecule has 0 aromatic heterocycles. The van der Waals surface area contributed by atoms with E-state index >= 15 is 0 Å². The molecule has 0 aliphatic carbocycles. The number of anilines is 1. The number of carbonyl (C=O) groups excluding carboxylic acids is 1. The summed E-state index contributed by atoms with van der Waals surface area (Å²) in [6.45, 7) is 4.98. The molecule has 0 saturated carbocycles. The van der Waals surface area contributed by atoms with E-state index in [1.54, 1.807) is 37.3 Å². The van der Waals surface area contributed by atoms with E-state index in [4.69, 9.17) is 10.00 Å². The van der Waals surface area contributed by atoms with Crippen molar-refractivity contribution in [1.82, 2.24) is 0 Å². The molecule has 5 heteroatoms. The van der Waals surface area contributed by atoms with Gasteiger partial charge in [-0.25, -0.2) is 0 Å². The van der Waals surface area contributed by atoms with Crippen LogP contribution >= 0.6 is 0 Å². The van der Waals surface area contributed by atoms with Gasteiger partial charge in [-0.15, -0.1) is 0 Å². The lowest BCUT2D eigenvalue weighted by atomic mass is 10.1. The summed E-state index contributed by atoms with van der Waals surface area (Å²) in [5, 5.41) is 21.9. The van der Waals surface area contributed by atoms with Crippen molar-refractivity contribution in [2.24, 2.45) is 0 Å². The topological polar surface area (TPSA) is 82.3 Å². The van der Waals surface area contributed by atoms with Crippen LogP contribution in [0.25, 0.3) is 0 Å². The third kappa shape index (κ3) is 4.34. The minimum atomic E-state index is -1.69. The summed E-state index contributed by atoms with van der Waals surface area (Å²) in [5.74, 6) is 0.0154. The van der Waals surface area contributed by atoms with Gasteiger partial charge in [0.15, 0.2) is 5.60 Å². The van der Waals surface area contributed by atoms with Gasteiger partial charge in [0.2, 0.25) is 0 Å². The van der Waals surface area contributed by atoms with E-state index in [-0.39, 0.29) is 6.61 Å². The zero-order chi connectivity index (χ0) is 17.7. The lowest BCUT2D eigenvalue weighted by Gasteiger charge is -2.22. The van der Waals surface area contributed by atoms with Gasteiger partial charge in [-0.3, -0.25) is 4.79 Å². The molecule has 124 valence electrons. The van der Waals surface area contributed by atoms with E-state index in [0.717, 1.165) is 11.1 Å². The number of nitrogens with zero attached hydrogens (tertiary/aromatic N) is 1. The van der Waals surface area contributed by atoms with Gasteiger partial charge in [-0.1, -0.05) is 17.7 Å². The first-order chi connectivity index (χ1) is 11.3. The van der Waals surface area contributed by atoms with E-state index in [2.05, 4.69) is 11.4 Å². The maximum atomic E-state index is 12.3. The predicted molar refractivity (Wildman–Crippen MR) is 91.8 cm³/mol. The van der Waals surface area contributed by atoms with Crippen molar-refractivity contribution in [2.45, 2.75) is 26.4 Å². The van der Waals surface area contributed by atoms with Gasteiger partial charge < -0.3 is 15.2 Å². The molecule has 24 heavy (non-hydrogen) atoms. The number of amides is 1. The van der Waals surface area contributed by atoms with Crippen LogP contribution < -0.4 is 10.1 Å². The molecule has 5 nitrogen and oxygen atoms in total. The van der Waals surface area contributed by atoms with E-state index in [0.29, 0.717) is 17.0 Å². The Morgan fingerprint density at radius 1 is 1.25 bits per heavy atom. The number of nitriles is 1. The molecule has 0 saturated heterocycles. The van der Waals surface area contributed by atoms with Gasteiger partial charge in [-0.05, 0) is 56.7 Å². The Morgan fingerprint density at radius 2 is 1.92 bits per heavy atom. The number of ether oxygens (including phenoxy) is 1. The number of rotatable bonds is 5. The minimum absolute atomic E-state index is 0.169. The highest BCUT2D eigenvalue weighted by Crippen LogP contribution is 2.18.